The average molecular weight is 514 g/mol. The van der Waals surface area contributed by atoms with Gasteiger partial charge in [0.2, 0.25) is 11.9 Å². The summed E-state index contributed by atoms with van der Waals surface area (Å²) in [6.07, 6.45) is 3.70. The summed E-state index contributed by atoms with van der Waals surface area (Å²) in [4.78, 5) is 38.6. The molecule has 3 aromatic rings. The van der Waals surface area contributed by atoms with Crippen LogP contribution in [0.2, 0.25) is 0 Å². The highest BCUT2D eigenvalue weighted by molar-refractivity contribution is 5.99. The van der Waals surface area contributed by atoms with Crippen molar-refractivity contribution in [2.75, 3.05) is 22.9 Å². The Morgan fingerprint density at radius 3 is 2.55 bits per heavy atom. The number of hydrogen-bond acceptors (Lipinski definition) is 7. The van der Waals surface area contributed by atoms with Crippen molar-refractivity contribution in [3.63, 3.8) is 0 Å². The van der Waals surface area contributed by atoms with Crippen molar-refractivity contribution < 1.29 is 9.59 Å². The zero-order chi connectivity index (χ0) is 27.0. The molecule has 2 aliphatic heterocycles. The molecule has 0 saturated carbocycles. The number of nitrogens with zero attached hydrogens (tertiary/aromatic N) is 4. The second kappa shape index (κ2) is 10.4. The van der Waals surface area contributed by atoms with Crippen molar-refractivity contribution in [3.8, 4) is 0 Å². The van der Waals surface area contributed by atoms with Crippen LogP contribution in [0.1, 0.15) is 59.4 Å². The fourth-order valence-corrected chi connectivity index (χ4v) is 5.61. The SMILES string of the molecule is CC(=O)Nc1cc(C(=O)N2CC[C@@H](N3Cc4cnc(Nc5cc(C)cc(C)c5)nc4C3)CC2C)ccc1N. The Morgan fingerprint density at radius 2 is 1.84 bits per heavy atom. The highest BCUT2D eigenvalue weighted by Crippen LogP contribution is 2.31. The van der Waals surface area contributed by atoms with Crippen LogP contribution in [0.15, 0.2) is 42.6 Å². The molecular weight excluding hydrogens is 478 g/mol. The van der Waals surface area contributed by atoms with E-state index in [2.05, 4.69) is 59.5 Å². The molecule has 9 nitrogen and oxygen atoms in total. The highest BCUT2D eigenvalue weighted by Gasteiger charge is 2.35. The molecule has 0 spiro atoms. The van der Waals surface area contributed by atoms with Crippen LogP contribution in [0.4, 0.5) is 23.0 Å². The molecule has 198 valence electrons. The lowest BCUT2D eigenvalue weighted by atomic mass is 9.96. The van der Waals surface area contributed by atoms with Crippen LogP contribution < -0.4 is 16.4 Å². The Kier molecular flexibility index (Phi) is 7.03. The molecule has 2 amide bonds. The highest BCUT2D eigenvalue weighted by atomic mass is 16.2. The molecule has 0 bridgehead atoms. The Bertz CT molecular complexity index is 1370. The number of nitrogens with two attached hydrogens (primary N) is 1. The van der Waals surface area contributed by atoms with Gasteiger partial charge in [-0.1, -0.05) is 6.07 Å². The second-order valence-electron chi connectivity index (χ2n) is 10.6. The Hall–Kier alpha value is -3.98. The van der Waals surface area contributed by atoms with Crippen LogP contribution >= 0.6 is 0 Å². The minimum Gasteiger partial charge on any atom is -0.397 e. The van der Waals surface area contributed by atoms with E-state index in [1.807, 2.05) is 11.1 Å². The number of nitrogens with one attached hydrogen (secondary N) is 2. The first-order valence-electron chi connectivity index (χ1n) is 13.1. The zero-order valence-corrected chi connectivity index (χ0v) is 22.4. The topological polar surface area (TPSA) is 116 Å². The molecule has 0 radical (unpaired) electrons. The van der Waals surface area contributed by atoms with Gasteiger partial charge in [0.25, 0.3) is 5.91 Å². The van der Waals surface area contributed by atoms with Gasteiger partial charge in [-0.2, -0.15) is 0 Å². The molecule has 5 rings (SSSR count). The van der Waals surface area contributed by atoms with Gasteiger partial charge in [-0.05, 0) is 75.1 Å². The first-order valence-corrected chi connectivity index (χ1v) is 13.1. The molecule has 2 aliphatic rings. The van der Waals surface area contributed by atoms with Gasteiger partial charge >= 0.3 is 0 Å². The van der Waals surface area contributed by atoms with Crippen molar-refractivity contribution in [2.45, 2.75) is 65.7 Å². The van der Waals surface area contributed by atoms with E-state index in [0.29, 0.717) is 35.5 Å². The van der Waals surface area contributed by atoms with Gasteiger partial charge in [-0.15, -0.1) is 0 Å². The predicted molar refractivity (Wildman–Crippen MR) is 149 cm³/mol. The van der Waals surface area contributed by atoms with Gasteiger partial charge in [0.15, 0.2) is 0 Å². The molecule has 0 aliphatic carbocycles. The van der Waals surface area contributed by atoms with Gasteiger partial charge in [0, 0.05) is 61.7 Å². The summed E-state index contributed by atoms with van der Waals surface area (Å²) in [5.74, 6) is 0.353. The van der Waals surface area contributed by atoms with E-state index in [0.717, 1.165) is 42.9 Å². The van der Waals surface area contributed by atoms with Crippen LogP contribution in [0.25, 0.3) is 0 Å². The zero-order valence-electron chi connectivity index (χ0n) is 22.4. The number of rotatable bonds is 5. The summed E-state index contributed by atoms with van der Waals surface area (Å²) in [7, 11) is 0. The Labute approximate surface area is 223 Å². The molecular formula is C29H35N7O2. The molecule has 1 unspecified atom stereocenters. The molecule has 9 heteroatoms. The van der Waals surface area contributed by atoms with Crippen molar-refractivity contribution in [3.05, 3.63) is 70.5 Å². The first kappa shape index (κ1) is 25.7. The number of aryl methyl sites for hydroxylation is 2. The van der Waals surface area contributed by atoms with Gasteiger partial charge in [0.05, 0.1) is 17.1 Å². The molecule has 1 aromatic heterocycles. The Balaban J connectivity index is 1.22. The van der Waals surface area contributed by atoms with Crippen molar-refractivity contribution >= 4 is 34.8 Å². The van der Waals surface area contributed by atoms with Gasteiger partial charge in [0.1, 0.15) is 0 Å². The van der Waals surface area contributed by atoms with Crippen LogP contribution in [0.3, 0.4) is 0 Å². The number of benzene rings is 2. The summed E-state index contributed by atoms with van der Waals surface area (Å²) in [6.45, 7) is 9.96. The van der Waals surface area contributed by atoms with E-state index >= 15 is 0 Å². The fourth-order valence-electron chi connectivity index (χ4n) is 5.61. The van der Waals surface area contributed by atoms with E-state index in [4.69, 9.17) is 10.7 Å². The number of aromatic nitrogens is 2. The lowest BCUT2D eigenvalue weighted by molar-refractivity contribution is -0.114. The number of piperidine rings is 1. The van der Waals surface area contributed by atoms with Crippen LogP contribution in [0.5, 0.6) is 0 Å². The number of anilines is 4. The predicted octanol–water partition coefficient (Wildman–Crippen LogP) is 4.39. The maximum Gasteiger partial charge on any atom is 0.254 e. The van der Waals surface area contributed by atoms with E-state index in [-0.39, 0.29) is 17.9 Å². The number of carbonyl (C=O) groups excluding carboxylic acids is 2. The average Bonchev–Trinajstić information content (AvgIpc) is 3.27. The summed E-state index contributed by atoms with van der Waals surface area (Å²) in [5, 5.41) is 6.05. The molecule has 4 N–H and O–H groups in total. The quantitative estimate of drug-likeness (QED) is 0.433. The first-order chi connectivity index (χ1) is 18.2. The molecule has 2 aromatic carbocycles. The number of likely N-dealkylation sites (tertiary alicyclic amines) is 1. The summed E-state index contributed by atoms with van der Waals surface area (Å²) in [5.41, 5.74) is 13.0. The van der Waals surface area contributed by atoms with Crippen molar-refractivity contribution in [2.24, 2.45) is 0 Å². The van der Waals surface area contributed by atoms with Gasteiger partial charge in [-0.25, -0.2) is 9.97 Å². The van der Waals surface area contributed by atoms with Crippen molar-refractivity contribution in [1.29, 1.82) is 0 Å². The van der Waals surface area contributed by atoms with Gasteiger partial charge < -0.3 is 21.3 Å². The van der Waals surface area contributed by atoms with E-state index in [1.54, 1.807) is 18.2 Å². The maximum absolute atomic E-state index is 13.3. The third-order valence-electron chi connectivity index (χ3n) is 7.39. The number of amides is 2. The van der Waals surface area contributed by atoms with Crippen LogP contribution in [-0.2, 0) is 17.9 Å². The largest absolute Gasteiger partial charge is 0.397 e. The van der Waals surface area contributed by atoms with E-state index in [9.17, 15) is 9.59 Å². The number of fused-ring (bicyclic) bond motifs is 1. The summed E-state index contributed by atoms with van der Waals surface area (Å²) >= 11 is 0. The van der Waals surface area contributed by atoms with Crippen LogP contribution in [0, 0.1) is 13.8 Å². The lowest BCUT2D eigenvalue weighted by Gasteiger charge is -2.41. The van der Waals surface area contributed by atoms with E-state index < -0.39 is 0 Å². The lowest BCUT2D eigenvalue weighted by Crippen LogP contribution is -2.50. The molecule has 1 fully saturated rings. The smallest absolute Gasteiger partial charge is 0.254 e. The molecule has 38 heavy (non-hydrogen) atoms. The minimum absolute atomic E-state index is 0.0415. The number of hydrogen-bond donors (Lipinski definition) is 3. The van der Waals surface area contributed by atoms with Crippen LogP contribution in [-0.4, -0.2) is 50.2 Å². The molecule has 1 saturated heterocycles. The summed E-state index contributed by atoms with van der Waals surface area (Å²) < 4.78 is 0. The normalized spacial score (nSPS) is 19.2. The van der Waals surface area contributed by atoms with Crippen molar-refractivity contribution in [1.82, 2.24) is 19.8 Å². The third kappa shape index (κ3) is 5.47. The maximum atomic E-state index is 13.3. The standard InChI is InChI=1S/C29H35N7O2/c1-17-9-18(2)11-23(10-17)33-29-31-14-22-15-35(16-27(22)34-29)24-7-8-36(19(3)12-24)28(38)21-5-6-25(30)26(13-21)32-20(4)37/h5-6,9-11,13-14,19,24H,7-8,12,15-16,30H2,1-4H3,(H,32,37)(H,31,33,34)/t19?,24-/m1/s1. The number of nitrogen functional groups attached to an aromatic ring is 1. The van der Waals surface area contributed by atoms with E-state index in [1.165, 1.54) is 18.1 Å². The fraction of sp³-hybridized carbons (Fsp3) is 0.379. The molecule has 2 atom stereocenters. The second-order valence-corrected chi connectivity index (χ2v) is 10.6. The number of carbonyl (C=O) groups is 2. The Morgan fingerprint density at radius 1 is 1.08 bits per heavy atom. The molecule has 3 heterocycles. The minimum atomic E-state index is -0.222. The van der Waals surface area contributed by atoms with Gasteiger partial charge in [-0.3, -0.25) is 14.5 Å². The summed E-state index contributed by atoms with van der Waals surface area (Å²) in [6, 6.07) is 11.8. The monoisotopic (exact) mass is 513 g/mol. The third-order valence-corrected chi connectivity index (χ3v) is 7.39.